The minimum absolute atomic E-state index is 0.0595. The van der Waals surface area contributed by atoms with E-state index in [0.717, 1.165) is 16.7 Å². The van der Waals surface area contributed by atoms with Crippen molar-refractivity contribution in [2.75, 3.05) is 18.9 Å². The lowest BCUT2D eigenvalue weighted by atomic mass is 9.79. The van der Waals surface area contributed by atoms with E-state index in [9.17, 15) is 4.79 Å². The number of hydrogen-bond acceptors (Lipinski definition) is 4. The van der Waals surface area contributed by atoms with Crippen LogP contribution in [0.4, 0.5) is 10.1 Å². The number of hydrogen-bond donors (Lipinski definition) is 2. The average molecular weight is 535 g/mol. The Bertz CT molecular complexity index is 1460. The number of rotatable bonds is 10. The molecule has 3 N–H and O–H groups in total. The molecule has 5 rings (SSSR count). The van der Waals surface area contributed by atoms with Gasteiger partial charge in [-0.1, -0.05) is 109 Å². The zero-order valence-electron chi connectivity index (χ0n) is 22.2. The molecule has 0 saturated carbocycles. The Kier molecular flexibility index (Phi) is 8.08. The molecule has 0 bridgehead atoms. The summed E-state index contributed by atoms with van der Waals surface area (Å²) in [7, 11) is 0. The van der Waals surface area contributed by atoms with Gasteiger partial charge in [-0.25, -0.2) is 9.18 Å². The number of aromatic amines is 1. The lowest BCUT2D eigenvalue weighted by Gasteiger charge is -2.37. The van der Waals surface area contributed by atoms with Gasteiger partial charge in [-0.05, 0) is 35.2 Å². The average Bonchev–Trinajstić information content (AvgIpc) is 3.38. The van der Waals surface area contributed by atoms with Gasteiger partial charge >= 0.3 is 5.97 Å². The molecule has 1 aromatic heterocycles. The number of nitrogens with one attached hydrogen (secondary N) is 1. The van der Waals surface area contributed by atoms with Crippen molar-refractivity contribution >= 4 is 11.7 Å². The van der Waals surface area contributed by atoms with Gasteiger partial charge in [-0.3, -0.25) is 0 Å². The second-order valence-corrected chi connectivity index (χ2v) is 9.42. The molecule has 5 aromatic rings. The fourth-order valence-corrected chi connectivity index (χ4v) is 5.19. The molecule has 0 fully saturated rings. The summed E-state index contributed by atoms with van der Waals surface area (Å²) in [6, 6.07) is 36.5. The van der Waals surface area contributed by atoms with Crippen molar-refractivity contribution < 1.29 is 18.7 Å². The van der Waals surface area contributed by atoms with E-state index in [1.54, 1.807) is 31.3 Å². The van der Waals surface area contributed by atoms with Crippen LogP contribution in [0.1, 0.15) is 51.1 Å². The van der Waals surface area contributed by atoms with Crippen LogP contribution in [0.25, 0.3) is 0 Å². The first kappa shape index (κ1) is 26.9. The molecule has 0 unspecified atom stereocenters. The Balaban J connectivity index is 1.66. The standard InChI is InChI=1S/C34H31FN2O3/c1-2-39-33(38)32-31(36)28(22-37-32)29(27-20-12-13-21-30(27)35)23-40-34(24-14-6-3-7-15-24,25-16-8-4-9-17-25)26-18-10-5-11-19-26/h3-22,29,37H,2,23,36H2,1H3/t29-/m0/s1. The van der Waals surface area contributed by atoms with E-state index in [1.165, 1.54) is 6.07 Å². The molecule has 0 aliphatic rings. The van der Waals surface area contributed by atoms with Gasteiger partial charge in [0.1, 0.15) is 17.1 Å². The third-order valence-corrected chi connectivity index (χ3v) is 7.10. The topological polar surface area (TPSA) is 77.3 Å². The number of aromatic nitrogens is 1. The first-order valence-electron chi connectivity index (χ1n) is 13.2. The molecule has 40 heavy (non-hydrogen) atoms. The van der Waals surface area contributed by atoms with Crippen LogP contribution in [0.15, 0.2) is 121 Å². The van der Waals surface area contributed by atoms with Crippen LogP contribution >= 0.6 is 0 Å². The quantitative estimate of drug-likeness (QED) is 0.149. The number of esters is 1. The highest BCUT2D eigenvalue weighted by atomic mass is 19.1. The van der Waals surface area contributed by atoms with Crippen LogP contribution in [0.5, 0.6) is 0 Å². The second kappa shape index (κ2) is 12.0. The van der Waals surface area contributed by atoms with Crippen LogP contribution in [0, 0.1) is 5.82 Å². The molecule has 0 saturated heterocycles. The Morgan fingerprint density at radius 2 is 1.30 bits per heavy atom. The minimum atomic E-state index is -1.01. The first-order chi connectivity index (χ1) is 19.6. The lowest BCUT2D eigenvalue weighted by molar-refractivity contribution is 0.00831. The van der Waals surface area contributed by atoms with E-state index < -0.39 is 17.5 Å². The molecule has 0 aliphatic carbocycles. The summed E-state index contributed by atoms with van der Waals surface area (Å²) in [5, 5.41) is 0. The third kappa shape index (κ3) is 5.14. The van der Waals surface area contributed by atoms with Gasteiger partial charge in [0, 0.05) is 17.7 Å². The second-order valence-electron chi connectivity index (χ2n) is 9.42. The number of nitrogens with two attached hydrogens (primary N) is 1. The maximum absolute atomic E-state index is 15.3. The molecule has 0 aliphatic heterocycles. The van der Waals surface area contributed by atoms with E-state index in [2.05, 4.69) is 4.98 Å². The van der Waals surface area contributed by atoms with Crippen LogP contribution in [-0.4, -0.2) is 24.2 Å². The highest BCUT2D eigenvalue weighted by molar-refractivity contribution is 5.94. The Morgan fingerprint density at radius 3 is 1.80 bits per heavy atom. The van der Waals surface area contributed by atoms with Gasteiger partial charge in [-0.15, -0.1) is 0 Å². The van der Waals surface area contributed by atoms with Gasteiger partial charge in [0.15, 0.2) is 0 Å². The third-order valence-electron chi connectivity index (χ3n) is 7.10. The number of ether oxygens (including phenoxy) is 2. The fourth-order valence-electron chi connectivity index (χ4n) is 5.19. The largest absolute Gasteiger partial charge is 0.461 e. The Hall–Kier alpha value is -4.68. The SMILES string of the molecule is CCOC(=O)c1[nH]cc([C@@H](COC(c2ccccc2)(c2ccccc2)c2ccccc2)c2ccccc2F)c1N. The molecule has 1 atom stereocenters. The predicted molar refractivity (Wildman–Crippen MR) is 155 cm³/mol. The fraction of sp³-hybridized carbons (Fsp3) is 0.147. The minimum Gasteiger partial charge on any atom is -0.461 e. The number of anilines is 1. The van der Waals surface area contributed by atoms with Crippen molar-refractivity contribution in [2.24, 2.45) is 0 Å². The molecule has 5 nitrogen and oxygen atoms in total. The molecule has 1 heterocycles. The summed E-state index contributed by atoms with van der Waals surface area (Å²) in [6.07, 6.45) is 1.64. The molecule has 0 amide bonds. The maximum Gasteiger partial charge on any atom is 0.356 e. The highest BCUT2D eigenvalue weighted by Gasteiger charge is 2.39. The molecule has 0 spiro atoms. The number of H-pyrrole nitrogens is 1. The van der Waals surface area contributed by atoms with Crippen molar-refractivity contribution in [3.05, 3.63) is 161 Å². The van der Waals surface area contributed by atoms with Gasteiger partial charge < -0.3 is 20.2 Å². The number of nitrogen functional groups attached to an aromatic ring is 1. The van der Waals surface area contributed by atoms with Crippen molar-refractivity contribution in [3.8, 4) is 0 Å². The highest BCUT2D eigenvalue weighted by Crippen LogP contribution is 2.43. The molecule has 6 heteroatoms. The molecule has 0 radical (unpaired) electrons. The summed E-state index contributed by atoms with van der Waals surface area (Å²) in [5.74, 6) is -1.58. The smallest absolute Gasteiger partial charge is 0.356 e. The Morgan fingerprint density at radius 1 is 0.800 bits per heavy atom. The maximum atomic E-state index is 15.3. The van der Waals surface area contributed by atoms with E-state index >= 15 is 4.39 Å². The van der Waals surface area contributed by atoms with Crippen molar-refractivity contribution in [3.63, 3.8) is 0 Å². The zero-order chi connectivity index (χ0) is 28.0. The van der Waals surface area contributed by atoms with E-state index in [-0.39, 0.29) is 30.4 Å². The van der Waals surface area contributed by atoms with Crippen LogP contribution < -0.4 is 5.73 Å². The molecular weight excluding hydrogens is 503 g/mol. The van der Waals surface area contributed by atoms with Gasteiger partial charge in [0.2, 0.25) is 0 Å². The summed E-state index contributed by atoms with van der Waals surface area (Å²) in [6.45, 7) is 1.99. The normalized spacial score (nSPS) is 12.2. The molecular formula is C34H31FN2O3. The van der Waals surface area contributed by atoms with Crippen LogP contribution in [-0.2, 0) is 15.1 Å². The first-order valence-corrected chi connectivity index (χ1v) is 13.2. The number of carbonyl (C=O) groups excluding carboxylic acids is 1. The number of halogens is 1. The van der Waals surface area contributed by atoms with Crippen LogP contribution in [0.2, 0.25) is 0 Å². The van der Waals surface area contributed by atoms with Crippen molar-refractivity contribution in [1.29, 1.82) is 0 Å². The van der Waals surface area contributed by atoms with E-state index in [1.807, 2.05) is 91.0 Å². The lowest BCUT2D eigenvalue weighted by Crippen LogP contribution is -2.34. The van der Waals surface area contributed by atoms with Crippen molar-refractivity contribution in [1.82, 2.24) is 4.98 Å². The monoisotopic (exact) mass is 534 g/mol. The van der Waals surface area contributed by atoms with E-state index in [4.69, 9.17) is 15.2 Å². The number of carbonyl (C=O) groups is 1. The summed E-state index contributed by atoms with van der Waals surface area (Å²) in [4.78, 5) is 15.5. The Labute approximate surface area is 233 Å². The zero-order valence-corrected chi connectivity index (χ0v) is 22.2. The summed E-state index contributed by atoms with van der Waals surface area (Å²) >= 11 is 0. The molecule has 4 aromatic carbocycles. The molecule has 202 valence electrons. The van der Waals surface area contributed by atoms with Gasteiger partial charge in [0.25, 0.3) is 0 Å². The van der Waals surface area contributed by atoms with E-state index in [0.29, 0.717) is 11.1 Å². The van der Waals surface area contributed by atoms with Crippen molar-refractivity contribution in [2.45, 2.75) is 18.4 Å². The predicted octanol–water partition coefficient (Wildman–Crippen LogP) is 7.05. The number of benzene rings is 4. The van der Waals surface area contributed by atoms with Crippen LogP contribution in [0.3, 0.4) is 0 Å². The summed E-state index contributed by atoms with van der Waals surface area (Å²) in [5.41, 5.74) is 9.56. The van der Waals surface area contributed by atoms with Gasteiger partial charge in [-0.2, -0.15) is 0 Å². The van der Waals surface area contributed by atoms with Gasteiger partial charge in [0.05, 0.1) is 18.9 Å². The summed E-state index contributed by atoms with van der Waals surface area (Å²) < 4.78 is 27.5.